The second kappa shape index (κ2) is 18.1. The minimum absolute atomic E-state index is 0.0517. The first kappa shape index (κ1) is 43.0. The SMILES string of the molecule is C=C(CC[C@@]12O[C@H](C(=O)CBr)[C@@](O)(C(=O)OC)[C@@](C(=O)OC)(O1)[C@H](OC(=O)/C=C/[C@@H](C)C[C@@H](C)CC)[C@H]2O)[C@@H](OC(C)=O)[C@H](C)Cc1ccccc1. The zero-order chi connectivity index (χ0) is 39.0. The minimum Gasteiger partial charge on any atom is -0.467 e. The topological polar surface area (TPSA) is 181 Å². The Morgan fingerprint density at radius 2 is 1.69 bits per heavy atom. The number of carbonyl (C=O) groups is 5. The third-order valence-electron chi connectivity index (χ3n) is 9.83. The largest absolute Gasteiger partial charge is 0.467 e. The molecular formula is C38H51BrO13. The van der Waals surface area contributed by atoms with Gasteiger partial charge in [0.15, 0.2) is 18.0 Å². The molecule has 2 aliphatic rings. The fourth-order valence-corrected chi connectivity index (χ4v) is 7.30. The van der Waals surface area contributed by atoms with Gasteiger partial charge in [-0.1, -0.05) is 93.0 Å². The van der Waals surface area contributed by atoms with E-state index in [4.69, 9.17) is 28.4 Å². The van der Waals surface area contributed by atoms with Crippen molar-refractivity contribution in [2.75, 3.05) is 19.5 Å². The minimum atomic E-state index is -3.32. The van der Waals surface area contributed by atoms with Crippen LogP contribution >= 0.6 is 15.9 Å². The highest BCUT2D eigenvalue weighted by atomic mass is 79.9. The molecule has 0 unspecified atom stereocenters. The predicted molar refractivity (Wildman–Crippen MR) is 191 cm³/mol. The Kier molecular flexibility index (Phi) is 14.9. The lowest BCUT2D eigenvalue weighted by Gasteiger charge is -2.50. The molecule has 0 aliphatic carbocycles. The Morgan fingerprint density at radius 1 is 1.06 bits per heavy atom. The number of methoxy groups -OCH3 is 2. The van der Waals surface area contributed by atoms with Crippen LogP contribution in [0.4, 0.5) is 0 Å². The van der Waals surface area contributed by atoms with Crippen LogP contribution in [0.1, 0.15) is 65.9 Å². The molecule has 2 fully saturated rings. The number of rotatable bonds is 18. The van der Waals surface area contributed by atoms with Gasteiger partial charge in [0.25, 0.3) is 5.60 Å². The number of Topliss-reactive ketones (excluding diaryl/α,β-unsaturated/α-hetero) is 1. The van der Waals surface area contributed by atoms with Crippen LogP contribution in [0, 0.1) is 17.8 Å². The van der Waals surface area contributed by atoms with Crippen molar-refractivity contribution in [3.8, 4) is 0 Å². The molecule has 0 saturated carbocycles. The molecular weight excluding hydrogens is 744 g/mol. The third-order valence-corrected chi connectivity index (χ3v) is 10.4. The summed E-state index contributed by atoms with van der Waals surface area (Å²) in [6.45, 7) is 13.3. The van der Waals surface area contributed by atoms with Crippen LogP contribution in [-0.4, -0.2) is 101 Å². The number of hydrogen-bond acceptors (Lipinski definition) is 13. The second-order valence-electron chi connectivity index (χ2n) is 13.7. The smallest absolute Gasteiger partial charge is 0.346 e. The molecule has 52 heavy (non-hydrogen) atoms. The lowest BCUT2D eigenvalue weighted by molar-refractivity contribution is -0.372. The fraction of sp³-hybridized carbons (Fsp3) is 0.605. The summed E-state index contributed by atoms with van der Waals surface area (Å²) >= 11 is 3.03. The van der Waals surface area contributed by atoms with Crippen molar-refractivity contribution in [1.29, 1.82) is 0 Å². The highest BCUT2D eigenvalue weighted by molar-refractivity contribution is 9.09. The maximum absolute atomic E-state index is 13.9. The van der Waals surface area contributed by atoms with Crippen LogP contribution in [0.3, 0.4) is 0 Å². The fourth-order valence-electron chi connectivity index (χ4n) is 7.00. The second-order valence-corrected chi connectivity index (χ2v) is 14.3. The predicted octanol–water partition coefficient (Wildman–Crippen LogP) is 3.94. The number of benzene rings is 1. The Morgan fingerprint density at radius 3 is 2.25 bits per heavy atom. The molecule has 0 amide bonds. The zero-order valence-electron chi connectivity index (χ0n) is 30.8. The van der Waals surface area contributed by atoms with E-state index in [2.05, 4.69) is 29.4 Å². The average Bonchev–Trinajstić information content (AvgIpc) is 3.34. The van der Waals surface area contributed by atoms with Crippen LogP contribution in [0.5, 0.6) is 0 Å². The Bertz CT molecular complexity index is 1500. The van der Waals surface area contributed by atoms with Crippen molar-refractivity contribution in [3.05, 3.63) is 60.2 Å². The number of alkyl halides is 1. The van der Waals surface area contributed by atoms with Gasteiger partial charge in [-0.2, -0.15) is 0 Å². The third kappa shape index (κ3) is 8.68. The van der Waals surface area contributed by atoms with Crippen LogP contribution in [0.15, 0.2) is 54.6 Å². The van der Waals surface area contributed by atoms with E-state index in [1.165, 1.54) is 6.92 Å². The molecule has 1 aromatic carbocycles. The van der Waals surface area contributed by atoms with Crippen molar-refractivity contribution < 1.29 is 62.6 Å². The highest BCUT2D eigenvalue weighted by Gasteiger charge is 2.85. The molecule has 2 bridgehead atoms. The summed E-state index contributed by atoms with van der Waals surface area (Å²) in [5, 5.41) is 23.7. The molecule has 14 heteroatoms. The quantitative estimate of drug-likeness (QED) is 0.0718. The van der Waals surface area contributed by atoms with Gasteiger partial charge in [0, 0.05) is 25.3 Å². The van der Waals surface area contributed by atoms with E-state index in [1.807, 2.05) is 51.1 Å². The van der Waals surface area contributed by atoms with E-state index in [-0.39, 0.29) is 24.7 Å². The summed E-state index contributed by atoms with van der Waals surface area (Å²) in [6, 6.07) is 9.51. The van der Waals surface area contributed by atoms with Crippen molar-refractivity contribution in [1.82, 2.24) is 0 Å². The molecule has 1 aromatic rings. The molecule has 10 atom stereocenters. The van der Waals surface area contributed by atoms with Gasteiger partial charge < -0.3 is 38.6 Å². The molecule has 13 nitrogen and oxygen atoms in total. The summed E-state index contributed by atoms with van der Waals surface area (Å²) in [5.41, 5.74) is -5.02. The van der Waals surface area contributed by atoms with Crippen LogP contribution < -0.4 is 0 Å². The molecule has 2 heterocycles. The van der Waals surface area contributed by atoms with E-state index in [9.17, 15) is 34.2 Å². The van der Waals surface area contributed by atoms with E-state index >= 15 is 0 Å². The summed E-state index contributed by atoms with van der Waals surface area (Å²) in [5.74, 6) is -7.86. The van der Waals surface area contributed by atoms with Gasteiger partial charge in [0.05, 0.1) is 19.5 Å². The highest BCUT2D eigenvalue weighted by Crippen LogP contribution is 2.56. The van der Waals surface area contributed by atoms with Gasteiger partial charge in [0.1, 0.15) is 12.2 Å². The van der Waals surface area contributed by atoms with Gasteiger partial charge in [-0.3, -0.25) is 9.59 Å². The number of carbonyl (C=O) groups excluding carboxylic acids is 5. The summed E-state index contributed by atoms with van der Waals surface area (Å²) < 4.78 is 33.4. The zero-order valence-corrected chi connectivity index (χ0v) is 32.4. The first-order chi connectivity index (χ1) is 24.5. The number of aliphatic hydroxyl groups excluding tert-OH is 1. The van der Waals surface area contributed by atoms with Crippen LogP contribution in [-0.2, 0) is 58.8 Å². The molecule has 2 saturated heterocycles. The maximum Gasteiger partial charge on any atom is 0.346 e. The summed E-state index contributed by atoms with van der Waals surface area (Å²) in [4.78, 5) is 66.4. The lowest BCUT2D eigenvalue weighted by atomic mass is 9.73. The number of aliphatic hydroxyl groups is 2. The maximum atomic E-state index is 13.9. The molecule has 2 aliphatic heterocycles. The number of hydrogen-bond donors (Lipinski definition) is 2. The van der Waals surface area contributed by atoms with Gasteiger partial charge in [0.2, 0.25) is 11.4 Å². The van der Waals surface area contributed by atoms with Crippen LogP contribution in [0.25, 0.3) is 0 Å². The van der Waals surface area contributed by atoms with Gasteiger partial charge >= 0.3 is 23.9 Å². The van der Waals surface area contributed by atoms with E-state index in [1.54, 1.807) is 6.08 Å². The Hall–Kier alpha value is -3.43. The van der Waals surface area contributed by atoms with Crippen molar-refractivity contribution in [3.63, 3.8) is 0 Å². The van der Waals surface area contributed by atoms with Crippen LogP contribution in [0.2, 0.25) is 0 Å². The monoisotopic (exact) mass is 794 g/mol. The van der Waals surface area contributed by atoms with E-state index in [0.29, 0.717) is 17.9 Å². The van der Waals surface area contributed by atoms with Crippen molar-refractivity contribution in [2.45, 2.75) is 108 Å². The van der Waals surface area contributed by atoms with E-state index < -0.39 is 76.4 Å². The number of halogens is 1. The molecule has 0 aromatic heterocycles. The number of ether oxygens (including phenoxy) is 6. The molecule has 288 valence electrons. The number of allylic oxidation sites excluding steroid dienone is 1. The first-order valence-corrected chi connectivity index (χ1v) is 18.4. The van der Waals surface area contributed by atoms with Crippen molar-refractivity contribution >= 4 is 45.6 Å². The van der Waals surface area contributed by atoms with Gasteiger partial charge in [-0.15, -0.1) is 0 Å². The van der Waals surface area contributed by atoms with Crippen molar-refractivity contribution in [2.24, 2.45) is 17.8 Å². The Labute approximate surface area is 313 Å². The standard InChI is InChI=1S/C38H51BrO13/c1-9-22(2)19-23(3)15-16-29(42)50-33-31(43)36(18-17-24(4)30(49-26(6)40)25(5)20-27-13-11-10-12-14-27)51-32(28(41)21-39)37(46,34(44)47-7)38(33,52-36)35(45)48-8/h10-16,22-23,25,30-33,43,46H,4,9,17-21H2,1-3,5-8H3/b16-15+/t22-,23+,25+,30+,31+,32+,33+,36+,37+,38+/m0/s1. The molecule has 0 spiro atoms. The number of ketones is 1. The molecule has 3 rings (SSSR count). The number of fused-ring (bicyclic) bond motifs is 2. The average molecular weight is 796 g/mol. The van der Waals surface area contributed by atoms with E-state index in [0.717, 1.165) is 38.7 Å². The van der Waals surface area contributed by atoms with Gasteiger partial charge in [-0.05, 0) is 42.2 Å². The normalized spacial score (nSPS) is 29.0. The lowest BCUT2D eigenvalue weighted by Crippen LogP contribution is -2.78. The summed E-state index contributed by atoms with van der Waals surface area (Å²) in [6.07, 6.45) is -2.82. The molecule has 0 radical (unpaired) electrons. The summed E-state index contributed by atoms with van der Waals surface area (Å²) in [7, 11) is 1.82. The molecule has 2 N–H and O–H groups in total. The number of esters is 4. The first-order valence-electron chi connectivity index (χ1n) is 17.3. The van der Waals surface area contributed by atoms with Gasteiger partial charge in [-0.25, -0.2) is 14.4 Å². The Balaban J connectivity index is 2.10.